The van der Waals surface area contributed by atoms with E-state index in [1.54, 1.807) is 0 Å². The van der Waals surface area contributed by atoms with Crippen LogP contribution < -0.4 is 5.73 Å². The number of aromatic nitrogens is 1. The van der Waals surface area contributed by atoms with Gasteiger partial charge < -0.3 is 15.0 Å². The minimum absolute atomic E-state index is 0.409. The highest BCUT2D eigenvalue weighted by Gasteiger charge is 2.19. The second-order valence-corrected chi connectivity index (χ2v) is 3.62. The van der Waals surface area contributed by atoms with Crippen LogP contribution in [-0.2, 0) is 4.74 Å². The van der Waals surface area contributed by atoms with Crippen molar-refractivity contribution in [3.63, 3.8) is 0 Å². The summed E-state index contributed by atoms with van der Waals surface area (Å²) < 4.78 is 7.42. The maximum atomic E-state index is 5.60. The zero-order valence-electron chi connectivity index (χ0n) is 7.27. The van der Waals surface area contributed by atoms with Gasteiger partial charge in [-0.25, -0.2) is 0 Å². The molecule has 2 rings (SSSR count). The van der Waals surface area contributed by atoms with E-state index in [2.05, 4.69) is 4.57 Å². The lowest BCUT2D eigenvalue weighted by Crippen LogP contribution is -2.19. The van der Waals surface area contributed by atoms with Crippen molar-refractivity contribution in [2.24, 2.45) is 5.73 Å². The molecule has 0 aromatic carbocycles. The number of nitrogens with two attached hydrogens (primary N) is 1. The second kappa shape index (κ2) is 3.47. The maximum absolute atomic E-state index is 5.60. The molecule has 0 saturated carbocycles. The third-order valence-corrected chi connectivity index (χ3v) is 2.54. The van der Waals surface area contributed by atoms with Crippen LogP contribution in [0.2, 0.25) is 0 Å². The van der Waals surface area contributed by atoms with Gasteiger partial charge in [0.25, 0.3) is 0 Å². The van der Waals surface area contributed by atoms with Gasteiger partial charge in [-0.1, -0.05) is 12.2 Å². The molecule has 0 spiro atoms. The van der Waals surface area contributed by atoms with Crippen LogP contribution in [0, 0.1) is 0 Å². The van der Waals surface area contributed by atoms with Crippen LogP contribution in [0.5, 0.6) is 0 Å². The molecule has 1 atom stereocenters. The second-order valence-electron chi connectivity index (χ2n) is 3.18. The molecule has 1 unspecified atom stereocenters. The van der Waals surface area contributed by atoms with E-state index in [-0.39, 0.29) is 0 Å². The molecule has 0 aliphatic carbocycles. The Morgan fingerprint density at radius 3 is 3.15 bits per heavy atom. The largest absolute Gasteiger partial charge is 0.388 e. The molecule has 4 heteroatoms. The third kappa shape index (κ3) is 1.59. The van der Waals surface area contributed by atoms with Gasteiger partial charge in [0, 0.05) is 12.8 Å². The van der Waals surface area contributed by atoms with Crippen LogP contribution >= 0.6 is 12.2 Å². The number of hydrogen-bond acceptors (Lipinski definition) is 2. The molecule has 13 heavy (non-hydrogen) atoms. The quantitative estimate of drug-likeness (QED) is 0.720. The molecule has 1 aromatic heterocycles. The van der Waals surface area contributed by atoms with Crippen LogP contribution in [0.4, 0.5) is 0 Å². The zero-order valence-corrected chi connectivity index (χ0v) is 8.09. The Labute approximate surface area is 82.5 Å². The van der Waals surface area contributed by atoms with E-state index in [9.17, 15) is 0 Å². The predicted molar refractivity (Wildman–Crippen MR) is 54.8 cm³/mol. The monoisotopic (exact) mass is 196 g/mol. The van der Waals surface area contributed by atoms with E-state index in [4.69, 9.17) is 22.7 Å². The Bertz CT molecular complexity index is 315. The summed E-state index contributed by atoms with van der Waals surface area (Å²) in [6.45, 7) is 1.60. The predicted octanol–water partition coefficient (Wildman–Crippen LogP) is 1.08. The van der Waals surface area contributed by atoms with Gasteiger partial charge in [0.1, 0.15) is 4.99 Å². The summed E-state index contributed by atoms with van der Waals surface area (Å²) in [4.78, 5) is 0.455. The highest BCUT2D eigenvalue weighted by Crippen LogP contribution is 2.21. The van der Waals surface area contributed by atoms with Gasteiger partial charge in [0.2, 0.25) is 0 Å². The van der Waals surface area contributed by atoms with Crippen molar-refractivity contribution in [2.75, 3.05) is 13.2 Å². The van der Waals surface area contributed by atoms with Crippen LogP contribution in [0.15, 0.2) is 18.3 Å². The minimum atomic E-state index is 0.409. The zero-order chi connectivity index (χ0) is 9.26. The maximum Gasteiger partial charge on any atom is 0.120 e. The van der Waals surface area contributed by atoms with Crippen molar-refractivity contribution < 1.29 is 4.74 Å². The Hall–Kier alpha value is -0.870. The fourth-order valence-corrected chi connectivity index (χ4v) is 1.84. The Morgan fingerprint density at radius 1 is 1.69 bits per heavy atom. The molecule has 1 aromatic rings. The lowest BCUT2D eigenvalue weighted by molar-refractivity contribution is 0.186. The number of nitrogens with zero attached hydrogens (tertiary/aromatic N) is 1. The van der Waals surface area contributed by atoms with E-state index in [1.165, 1.54) is 0 Å². The van der Waals surface area contributed by atoms with Crippen molar-refractivity contribution in [3.8, 4) is 0 Å². The van der Waals surface area contributed by atoms with E-state index in [1.807, 2.05) is 18.3 Å². The van der Waals surface area contributed by atoms with Crippen molar-refractivity contribution >= 4 is 17.2 Å². The SMILES string of the molecule is NC(=S)c1cccn1C1CCOC1. The molecular weight excluding hydrogens is 184 g/mol. The van der Waals surface area contributed by atoms with Crippen LogP contribution in [-0.4, -0.2) is 22.8 Å². The first-order chi connectivity index (χ1) is 6.29. The lowest BCUT2D eigenvalue weighted by Gasteiger charge is -2.13. The van der Waals surface area contributed by atoms with Gasteiger partial charge in [-0.05, 0) is 18.6 Å². The topological polar surface area (TPSA) is 40.2 Å². The normalized spacial score (nSPS) is 22.0. The summed E-state index contributed by atoms with van der Waals surface area (Å²) in [7, 11) is 0. The van der Waals surface area contributed by atoms with Gasteiger partial charge in [0.15, 0.2) is 0 Å². The average Bonchev–Trinajstić information content (AvgIpc) is 2.74. The number of hydrogen-bond donors (Lipinski definition) is 1. The van der Waals surface area contributed by atoms with Crippen molar-refractivity contribution in [2.45, 2.75) is 12.5 Å². The van der Waals surface area contributed by atoms with Gasteiger partial charge >= 0.3 is 0 Å². The van der Waals surface area contributed by atoms with Crippen LogP contribution in [0.25, 0.3) is 0 Å². The molecule has 0 radical (unpaired) electrons. The van der Waals surface area contributed by atoms with Gasteiger partial charge in [-0.3, -0.25) is 0 Å². The molecule has 2 heterocycles. The van der Waals surface area contributed by atoms with Gasteiger partial charge in [-0.2, -0.15) is 0 Å². The Balaban J connectivity index is 2.28. The summed E-state index contributed by atoms with van der Waals surface area (Å²) in [5.41, 5.74) is 6.53. The molecule has 0 amide bonds. The summed E-state index contributed by atoms with van der Waals surface area (Å²) in [5, 5.41) is 0. The van der Waals surface area contributed by atoms with E-state index >= 15 is 0 Å². The first kappa shape index (κ1) is 8.72. The molecule has 3 nitrogen and oxygen atoms in total. The number of ether oxygens (including phenoxy) is 1. The summed E-state index contributed by atoms with van der Waals surface area (Å²) in [6.07, 6.45) is 3.05. The third-order valence-electron chi connectivity index (χ3n) is 2.33. The first-order valence-corrected chi connectivity index (χ1v) is 4.74. The Kier molecular flexibility index (Phi) is 2.33. The molecule has 1 saturated heterocycles. The van der Waals surface area contributed by atoms with Gasteiger partial charge in [0.05, 0.1) is 18.3 Å². The van der Waals surface area contributed by atoms with Crippen molar-refractivity contribution in [1.82, 2.24) is 4.57 Å². The lowest BCUT2D eigenvalue weighted by atomic mass is 10.2. The molecule has 1 fully saturated rings. The minimum Gasteiger partial charge on any atom is -0.388 e. The number of rotatable bonds is 2. The smallest absolute Gasteiger partial charge is 0.120 e. The highest BCUT2D eigenvalue weighted by atomic mass is 32.1. The standard InChI is InChI=1S/C9H12N2OS/c10-9(13)8-2-1-4-11(8)7-3-5-12-6-7/h1-2,4,7H,3,5-6H2,(H2,10,13). The fraction of sp³-hybridized carbons (Fsp3) is 0.444. The van der Waals surface area contributed by atoms with Crippen LogP contribution in [0.3, 0.4) is 0 Å². The molecule has 70 valence electrons. The highest BCUT2D eigenvalue weighted by molar-refractivity contribution is 7.80. The molecule has 0 bridgehead atoms. The Morgan fingerprint density at radius 2 is 2.54 bits per heavy atom. The van der Waals surface area contributed by atoms with E-state index in [0.29, 0.717) is 11.0 Å². The first-order valence-electron chi connectivity index (χ1n) is 4.33. The van der Waals surface area contributed by atoms with Crippen LogP contribution in [0.1, 0.15) is 18.2 Å². The van der Waals surface area contributed by atoms with E-state index < -0.39 is 0 Å². The summed E-state index contributed by atoms with van der Waals surface area (Å²) >= 11 is 4.95. The molecule has 2 N–H and O–H groups in total. The van der Waals surface area contributed by atoms with Gasteiger partial charge in [-0.15, -0.1) is 0 Å². The van der Waals surface area contributed by atoms with E-state index in [0.717, 1.165) is 25.3 Å². The summed E-state index contributed by atoms with van der Waals surface area (Å²) in [5.74, 6) is 0. The fourth-order valence-electron chi connectivity index (χ4n) is 1.66. The molecular formula is C9H12N2OS. The molecule has 1 aliphatic heterocycles. The average molecular weight is 196 g/mol. The molecule has 1 aliphatic rings. The van der Waals surface area contributed by atoms with Crippen molar-refractivity contribution in [1.29, 1.82) is 0 Å². The number of thiocarbonyl (C=S) groups is 1. The summed E-state index contributed by atoms with van der Waals surface area (Å²) in [6, 6.07) is 4.32. The van der Waals surface area contributed by atoms with Crippen molar-refractivity contribution in [3.05, 3.63) is 24.0 Å².